The lowest BCUT2D eigenvalue weighted by Crippen LogP contribution is -2.14. The Morgan fingerprint density at radius 1 is 1.53 bits per heavy atom. The van der Waals surface area contributed by atoms with E-state index in [4.69, 9.17) is 11.6 Å². The second kappa shape index (κ2) is 5.44. The lowest BCUT2D eigenvalue weighted by atomic mass is 10.2. The number of aromatic nitrogens is 1. The molecule has 0 fully saturated rings. The molecule has 3 nitrogen and oxygen atoms in total. The molecular formula is C11H10ClFN2OS. The van der Waals surface area contributed by atoms with Gasteiger partial charge in [-0.05, 0) is 18.2 Å². The fourth-order valence-corrected chi connectivity index (χ4v) is 2.37. The molecule has 1 atom stereocenters. The van der Waals surface area contributed by atoms with Gasteiger partial charge in [0.15, 0.2) is 0 Å². The van der Waals surface area contributed by atoms with Crippen molar-refractivity contribution < 1.29 is 9.50 Å². The highest BCUT2D eigenvalue weighted by atomic mass is 35.5. The van der Waals surface area contributed by atoms with Gasteiger partial charge in [0, 0.05) is 5.69 Å². The summed E-state index contributed by atoms with van der Waals surface area (Å²) in [5.74, 6) is -0.330. The molecule has 0 bridgehead atoms. The van der Waals surface area contributed by atoms with E-state index in [0.29, 0.717) is 15.0 Å². The van der Waals surface area contributed by atoms with Crippen LogP contribution in [0.25, 0.3) is 0 Å². The Bertz CT molecular complexity index is 506. The highest BCUT2D eigenvalue weighted by Gasteiger charge is 2.14. The molecule has 2 aromatic rings. The van der Waals surface area contributed by atoms with Gasteiger partial charge in [-0.2, -0.15) is 0 Å². The molecule has 2 N–H and O–H groups in total. The van der Waals surface area contributed by atoms with E-state index in [-0.39, 0.29) is 18.5 Å². The van der Waals surface area contributed by atoms with Gasteiger partial charge < -0.3 is 10.4 Å². The smallest absolute Gasteiger partial charge is 0.125 e. The highest BCUT2D eigenvalue weighted by Crippen LogP contribution is 2.26. The fourth-order valence-electron chi connectivity index (χ4n) is 1.39. The van der Waals surface area contributed by atoms with Crippen molar-refractivity contribution in [3.05, 3.63) is 45.6 Å². The topological polar surface area (TPSA) is 45.1 Å². The second-order valence-corrected chi connectivity index (χ2v) is 5.09. The van der Waals surface area contributed by atoms with Crippen LogP contribution in [-0.4, -0.2) is 16.7 Å². The van der Waals surface area contributed by atoms with Gasteiger partial charge in [0.05, 0.1) is 12.8 Å². The molecule has 0 saturated heterocycles. The van der Waals surface area contributed by atoms with Crippen molar-refractivity contribution in [3.8, 4) is 0 Å². The maximum absolute atomic E-state index is 13.0. The molecule has 1 aromatic carbocycles. The van der Waals surface area contributed by atoms with Crippen LogP contribution in [0.2, 0.25) is 4.34 Å². The summed E-state index contributed by atoms with van der Waals surface area (Å²) in [4.78, 5) is 4.08. The van der Waals surface area contributed by atoms with Gasteiger partial charge in [-0.3, -0.25) is 0 Å². The van der Waals surface area contributed by atoms with Crippen molar-refractivity contribution in [3.63, 3.8) is 0 Å². The third-order valence-electron chi connectivity index (χ3n) is 2.14. The lowest BCUT2D eigenvalue weighted by molar-refractivity contribution is 0.276. The average Bonchev–Trinajstić information content (AvgIpc) is 2.73. The zero-order chi connectivity index (χ0) is 12.3. The van der Waals surface area contributed by atoms with E-state index in [0.717, 1.165) is 0 Å². The first kappa shape index (κ1) is 12.3. The number of thiazole rings is 1. The molecule has 0 aliphatic carbocycles. The number of nitrogens with one attached hydrogen (secondary N) is 1. The SMILES string of the molecule is OCC(Nc1cccc(F)c1)c1ncc(Cl)s1. The molecule has 1 heterocycles. The Kier molecular flexibility index (Phi) is 3.93. The summed E-state index contributed by atoms with van der Waals surface area (Å²) in [6.45, 7) is -0.139. The van der Waals surface area contributed by atoms with E-state index in [9.17, 15) is 9.50 Å². The summed E-state index contributed by atoms with van der Waals surface area (Å²) in [5, 5.41) is 13.0. The molecule has 0 radical (unpaired) electrons. The summed E-state index contributed by atoms with van der Waals surface area (Å²) in [5.41, 5.74) is 0.593. The Morgan fingerprint density at radius 2 is 2.35 bits per heavy atom. The maximum atomic E-state index is 13.0. The molecule has 0 saturated carbocycles. The van der Waals surface area contributed by atoms with E-state index in [1.807, 2.05) is 0 Å². The summed E-state index contributed by atoms with van der Waals surface area (Å²) in [6.07, 6.45) is 1.53. The van der Waals surface area contributed by atoms with Crippen LogP contribution < -0.4 is 5.32 Å². The maximum Gasteiger partial charge on any atom is 0.125 e. The van der Waals surface area contributed by atoms with Gasteiger partial charge in [0.1, 0.15) is 21.2 Å². The van der Waals surface area contributed by atoms with Crippen LogP contribution in [-0.2, 0) is 0 Å². The predicted molar refractivity (Wildman–Crippen MR) is 67.0 cm³/mol. The first-order valence-corrected chi connectivity index (χ1v) is 6.12. The molecule has 17 heavy (non-hydrogen) atoms. The molecule has 2 rings (SSSR count). The van der Waals surface area contributed by atoms with Gasteiger partial charge in [-0.25, -0.2) is 9.37 Å². The number of hydrogen-bond donors (Lipinski definition) is 2. The normalized spacial score (nSPS) is 12.4. The zero-order valence-corrected chi connectivity index (χ0v) is 10.3. The fraction of sp³-hybridized carbons (Fsp3) is 0.182. The number of benzene rings is 1. The minimum absolute atomic E-state index is 0.139. The molecular weight excluding hydrogens is 263 g/mol. The number of anilines is 1. The second-order valence-electron chi connectivity index (χ2n) is 3.39. The monoisotopic (exact) mass is 272 g/mol. The van der Waals surface area contributed by atoms with Crippen molar-refractivity contribution in [2.24, 2.45) is 0 Å². The number of halogens is 2. The van der Waals surface area contributed by atoms with E-state index in [2.05, 4.69) is 10.3 Å². The first-order chi connectivity index (χ1) is 8.19. The minimum Gasteiger partial charge on any atom is -0.394 e. The number of nitrogens with zero attached hydrogens (tertiary/aromatic N) is 1. The Labute approximate surface area is 107 Å². The standard InChI is InChI=1S/C11H10ClFN2OS/c12-10-5-14-11(17-10)9(6-16)15-8-3-1-2-7(13)4-8/h1-5,9,15-16H,6H2. The van der Waals surface area contributed by atoms with Crippen LogP contribution in [0, 0.1) is 5.82 Å². The molecule has 0 aliphatic heterocycles. The number of aliphatic hydroxyl groups excluding tert-OH is 1. The summed E-state index contributed by atoms with van der Waals surface area (Å²) in [6, 6.07) is 5.66. The van der Waals surface area contributed by atoms with Gasteiger partial charge >= 0.3 is 0 Å². The van der Waals surface area contributed by atoms with Crippen LogP contribution in [0.15, 0.2) is 30.5 Å². The lowest BCUT2D eigenvalue weighted by Gasteiger charge is -2.14. The van der Waals surface area contributed by atoms with E-state index in [1.165, 1.54) is 29.7 Å². The van der Waals surface area contributed by atoms with E-state index >= 15 is 0 Å². The summed E-state index contributed by atoms with van der Waals surface area (Å²) in [7, 11) is 0. The zero-order valence-electron chi connectivity index (χ0n) is 8.73. The molecule has 0 aliphatic rings. The van der Waals surface area contributed by atoms with Gasteiger partial charge in [-0.1, -0.05) is 17.7 Å². The quantitative estimate of drug-likeness (QED) is 0.899. The van der Waals surface area contributed by atoms with Crippen molar-refractivity contribution in [1.29, 1.82) is 0 Å². The van der Waals surface area contributed by atoms with E-state index in [1.54, 1.807) is 12.1 Å². The van der Waals surface area contributed by atoms with Crippen molar-refractivity contribution in [1.82, 2.24) is 4.98 Å². The highest BCUT2D eigenvalue weighted by molar-refractivity contribution is 7.15. The van der Waals surface area contributed by atoms with E-state index < -0.39 is 0 Å². The molecule has 1 unspecified atom stereocenters. The average molecular weight is 273 g/mol. The summed E-state index contributed by atoms with van der Waals surface area (Å²) < 4.78 is 13.5. The summed E-state index contributed by atoms with van der Waals surface area (Å²) >= 11 is 7.06. The van der Waals surface area contributed by atoms with Crippen molar-refractivity contribution in [2.75, 3.05) is 11.9 Å². The number of aliphatic hydroxyl groups is 1. The Balaban J connectivity index is 2.15. The molecule has 1 aromatic heterocycles. The Morgan fingerprint density at radius 3 is 2.94 bits per heavy atom. The van der Waals surface area contributed by atoms with Crippen molar-refractivity contribution in [2.45, 2.75) is 6.04 Å². The van der Waals surface area contributed by atoms with Crippen LogP contribution >= 0.6 is 22.9 Å². The number of hydrogen-bond acceptors (Lipinski definition) is 4. The predicted octanol–water partition coefficient (Wildman–Crippen LogP) is 3.08. The van der Waals surface area contributed by atoms with Gasteiger partial charge in [-0.15, -0.1) is 11.3 Å². The third-order valence-corrected chi connectivity index (χ3v) is 3.37. The molecule has 0 amide bonds. The molecule has 6 heteroatoms. The largest absolute Gasteiger partial charge is 0.394 e. The van der Waals surface area contributed by atoms with Crippen LogP contribution in [0.1, 0.15) is 11.0 Å². The third kappa shape index (κ3) is 3.15. The molecule has 90 valence electrons. The first-order valence-electron chi connectivity index (χ1n) is 4.93. The molecule has 0 spiro atoms. The van der Waals surface area contributed by atoms with Crippen molar-refractivity contribution >= 4 is 28.6 Å². The minimum atomic E-state index is -0.380. The van der Waals surface area contributed by atoms with Crippen LogP contribution in [0.3, 0.4) is 0 Å². The van der Waals surface area contributed by atoms with Gasteiger partial charge in [0.2, 0.25) is 0 Å². The number of rotatable bonds is 4. The Hall–Kier alpha value is -1.17. The van der Waals surface area contributed by atoms with Crippen LogP contribution in [0.5, 0.6) is 0 Å². The van der Waals surface area contributed by atoms with Gasteiger partial charge in [0.25, 0.3) is 0 Å². The van der Waals surface area contributed by atoms with Crippen LogP contribution in [0.4, 0.5) is 10.1 Å².